The van der Waals surface area contributed by atoms with Crippen molar-refractivity contribution in [1.82, 2.24) is 0 Å². The number of aliphatic hydroxyl groups excluding tert-OH is 1. The molecular weight excluding hydrogens is 418 g/mol. The molecule has 7 heteroatoms. The standard InChI is InChI=1S/C23H34O5P2/c1-6-27-29(25,20-13-9-7-10-14-20)22(17-18(2)3)28-30(26,23(24)19(4)5)21-15-11-8-12-16-21/h7-16,18-19,22-24H,6,17H2,1-5H3/t22-,23-,29+,30+/m1/s1. The van der Waals surface area contributed by atoms with E-state index in [1.807, 2.05) is 26.0 Å². The highest BCUT2D eigenvalue weighted by Gasteiger charge is 2.46. The molecule has 0 bridgehead atoms. The van der Waals surface area contributed by atoms with Crippen molar-refractivity contribution in [3.8, 4) is 0 Å². The second-order valence-electron chi connectivity index (χ2n) is 8.13. The Morgan fingerprint density at radius 1 is 0.833 bits per heavy atom. The van der Waals surface area contributed by atoms with Crippen LogP contribution in [-0.4, -0.2) is 23.4 Å². The van der Waals surface area contributed by atoms with Crippen molar-refractivity contribution >= 4 is 25.3 Å². The largest absolute Gasteiger partial charge is 0.382 e. The van der Waals surface area contributed by atoms with E-state index in [4.69, 9.17) is 9.05 Å². The molecule has 4 atom stereocenters. The number of benzene rings is 2. The highest BCUT2D eigenvalue weighted by molar-refractivity contribution is 7.70. The summed E-state index contributed by atoms with van der Waals surface area (Å²) in [6.07, 6.45) is 0.383. The van der Waals surface area contributed by atoms with Gasteiger partial charge in [-0.25, -0.2) is 0 Å². The summed E-state index contributed by atoms with van der Waals surface area (Å²) in [6.45, 7) is 9.57. The summed E-state index contributed by atoms with van der Waals surface area (Å²) < 4.78 is 40.5. The van der Waals surface area contributed by atoms with Crippen LogP contribution in [0.1, 0.15) is 41.0 Å². The molecule has 0 aliphatic rings. The summed E-state index contributed by atoms with van der Waals surface area (Å²) in [7, 11) is -7.30. The lowest BCUT2D eigenvalue weighted by Crippen LogP contribution is -2.30. The zero-order valence-corrected chi connectivity index (χ0v) is 20.3. The van der Waals surface area contributed by atoms with Gasteiger partial charge in [0, 0.05) is 10.6 Å². The SMILES string of the molecule is CCO[P@@](=O)(c1ccccc1)[C@H](CC(C)C)O[P@@](=O)(c1ccccc1)[C@@H](O)C(C)C. The van der Waals surface area contributed by atoms with E-state index in [9.17, 15) is 14.2 Å². The number of rotatable bonds is 11. The first kappa shape index (κ1) is 25.0. The minimum Gasteiger partial charge on any atom is -0.382 e. The third kappa shape index (κ3) is 5.72. The van der Waals surface area contributed by atoms with Crippen LogP contribution >= 0.6 is 14.7 Å². The zero-order chi connectivity index (χ0) is 22.4. The molecule has 0 radical (unpaired) electrons. The maximum absolute atomic E-state index is 14.2. The van der Waals surface area contributed by atoms with E-state index in [-0.39, 0.29) is 18.4 Å². The summed E-state index contributed by atoms with van der Waals surface area (Å²) in [4.78, 5) is 0. The van der Waals surface area contributed by atoms with Crippen molar-refractivity contribution in [1.29, 1.82) is 0 Å². The molecule has 30 heavy (non-hydrogen) atoms. The van der Waals surface area contributed by atoms with Crippen LogP contribution in [0.2, 0.25) is 0 Å². The highest BCUT2D eigenvalue weighted by atomic mass is 31.2. The fraction of sp³-hybridized carbons (Fsp3) is 0.478. The van der Waals surface area contributed by atoms with E-state index in [2.05, 4.69) is 0 Å². The molecule has 0 unspecified atom stereocenters. The fourth-order valence-electron chi connectivity index (χ4n) is 3.28. The van der Waals surface area contributed by atoms with Crippen molar-refractivity contribution in [3.05, 3.63) is 60.7 Å². The molecule has 0 amide bonds. The molecule has 0 saturated heterocycles. The van der Waals surface area contributed by atoms with Crippen LogP contribution in [0, 0.1) is 11.8 Å². The first-order valence-electron chi connectivity index (χ1n) is 10.5. The number of aliphatic hydroxyl groups is 1. The fourth-order valence-corrected chi connectivity index (χ4v) is 8.89. The predicted octanol–water partition coefficient (Wildman–Crippen LogP) is 5.59. The Balaban J connectivity index is 2.61. The van der Waals surface area contributed by atoms with Gasteiger partial charge in [0.05, 0.1) is 6.61 Å². The van der Waals surface area contributed by atoms with Crippen molar-refractivity contribution in [2.75, 3.05) is 6.61 Å². The molecule has 0 aliphatic carbocycles. The Bertz CT molecular complexity index is 868. The van der Waals surface area contributed by atoms with Crippen LogP contribution in [0.5, 0.6) is 0 Å². The summed E-state index contributed by atoms with van der Waals surface area (Å²) in [6, 6.07) is 17.6. The van der Waals surface area contributed by atoms with Gasteiger partial charge in [-0.2, -0.15) is 0 Å². The maximum Gasteiger partial charge on any atom is 0.260 e. The third-order valence-electron chi connectivity index (χ3n) is 4.83. The molecule has 0 saturated carbocycles. The molecule has 166 valence electrons. The quantitative estimate of drug-likeness (QED) is 0.450. The predicted molar refractivity (Wildman–Crippen MR) is 124 cm³/mol. The minimum atomic E-state index is -3.77. The summed E-state index contributed by atoms with van der Waals surface area (Å²) in [5, 5.41) is 11.9. The average Bonchev–Trinajstić information content (AvgIpc) is 2.73. The normalized spacial score (nSPS) is 18.0. The van der Waals surface area contributed by atoms with E-state index in [0.717, 1.165) is 0 Å². The molecule has 1 N–H and O–H groups in total. The Morgan fingerprint density at radius 3 is 1.70 bits per heavy atom. The van der Waals surface area contributed by atoms with Crippen molar-refractivity contribution in [2.45, 2.75) is 52.7 Å². The van der Waals surface area contributed by atoms with Gasteiger partial charge in [-0.3, -0.25) is 9.13 Å². The van der Waals surface area contributed by atoms with Gasteiger partial charge in [0.25, 0.3) is 14.7 Å². The van der Waals surface area contributed by atoms with Crippen molar-refractivity contribution in [2.24, 2.45) is 11.8 Å². The molecular formula is C23H34O5P2. The highest BCUT2D eigenvalue weighted by Crippen LogP contribution is 2.62. The molecule has 0 spiro atoms. The van der Waals surface area contributed by atoms with Crippen molar-refractivity contribution in [3.63, 3.8) is 0 Å². The second kappa shape index (κ2) is 10.9. The van der Waals surface area contributed by atoms with E-state index < -0.39 is 26.4 Å². The van der Waals surface area contributed by atoms with Gasteiger partial charge in [-0.15, -0.1) is 0 Å². The molecule has 0 aromatic heterocycles. The summed E-state index contributed by atoms with van der Waals surface area (Å²) in [5.74, 6) is -2.36. The van der Waals surface area contributed by atoms with Gasteiger partial charge >= 0.3 is 0 Å². The number of hydrogen-bond acceptors (Lipinski definition) is 5. The van der Waals surface area contributed by atoms with Crippen LogP contribution in [0.4, 0.5) is 0 Å². The zero-order valence-electron chi connectivity index (χ0n) is 18.5. The van der Waals surface area contributed by atoms with Gasteiger partial charge < -0.3 is 14.2 Å². The summed E-state index contributed by atoms with van der Waals surface area (Å²) in [5.41, 5.74) is 0. The third-order valence-corrected chi connectivity index (χ3v) is 10.6. The minimum absolute atomic E-state index is 0.118. The Kier molecular flexibility index (Phi) is 9.09. The van der Waals surface area contributed by atoms with E-state index >= 15 is 0 Å². The van der Waals surface area contributed by atoms with E-state index in [0.29, 0.717) is 17.0 Å². The molecule has 0 fully saturated rings. The Morgan fingerprint density at radius 2 is 1.30 bits per heavy atom. The molecule has 2 aromatic carbocycles. The van der Waals surface area contributed by atoms with Gasteiger partial charge in [0.15, 0.2) is 0 Å². The lowest BCUT2D eigenvalue weighted by molar-refractivity contribution is 0.153. The number of hydrogen-bond donors (Lipinski definition) is 1. The maximum atomic E-state index is 14.2. The second-order valence-corrected chi connectivity index (χ2v) is 13.1. The lowest BCUT2D eigenvalue weighted by atomic mass is 10.1. The van der Waals surface area contributed by atoms with Gasteiger partial charge in [0.1, 0.15) is 11.7 Å². The van der Waals surface area contributed by atoms with Crippen LogP contribution in [-0.2, 0) is 18.2 Å². The average molecular weight is 452 g/mol. The topological polar surface area (TPSA) is 72.8 Å². The molecule has 0 aliphatic heterocycles. The Hall–Kier alpha value is -1.22. The van der Waals surface area contributed by atoms with Crippen LogP contribution in [0.3, 0.4) is 0 Å². The van der Waals surface area contributed by atoms with Crippen molar-refractivity contribution < 1.29 is 23.3 Å². The van der Waals surface area contributed by atoms with Gasteiger partial charge in [-0.05, 0) is 49.4 Å². The van der Waals surface area contributed by atoms with Gasteiger partial charge in [-0.1, -0.05) is 64.1 Å². The smallest absolute Gasteiger partial charge is 0.260 e. The van der Waals surface area contributed by atoms with Gasteiger partial charge in [0.2, 0.25) is 0 Å². The molecule has 2 rings (SSSR count). The molecule has 0 heterocycles. The Labute approximate surface area is 180 Å². The lowest BCUT2D eigenvalue weighted by Gasteiger charge is -2.34. The van der Waals surface area contributed by atoms with Crippen LogP contribution in [0.25, 0.3) is 0 Å². The summed E-state index contributed by atoms with van der Waals surface area (Å²) >= 11 is 0. The molecule has 2 aromatic rings. The van der Waals surface area contributed by atoms with Crippen LogP contribution < -0.4 is 10.6 Å². The monoisotopic (exact) mass is 452 g/mol. The first-order chi connectivity index (χ1) is 14.1. The van der Waals surface area contributed by atoms with E-state index in [1.165, 1.54) is 0 Å². The van der Waals surface area contributed by atoms with E-state index in [1.54, 1.807) is 69.3 Å². The first-order valence-corrected chi connectivity index (χ1v) is 13.9. The molecule has 5 nitrogen and oxygen atoms in total. The van der Waals surface area contributed by atoms with Crippen LogP contribution in [0.15, 0.2) is 60.7 Å².